The maximum Gasteiger partial charge on any atom is 0.326 e. The Morgan fingerprint density at radius 1 is 1.00 bits per heavy atom. The van der Waals surface area contributed by atoms with E-state index in [1.807, 2.05) is 6.07 Å². The summed E-state index contributed by atoms with van der Waals surface area (Å²) in [7, 11) is 1.54. The highest BCUT2D eigenvalue weighted by molar-refractivity contribution is 5.94. The number of carboxylic acids is 1. The van der Waals surface area contributed by atoms with Gasteiger partial charge in [-0.3, -0.25) is 4.79 Å². The van der Waals surface area contributed by atoms with Gasteiger partial charge in [-0.25, -0.2) is 9.59 Å². The number of hydrogen-bond donors (Lipinski definition) is 4. The van der Waals surface area contributed by atoms with Crippen LogP contribution in [0.3, 0.4) is 0 Å². The summed E-state index contributed by atoms with van der Waals surface area (Å²) in [5, 5.41) is 16.9. The number of nitrogens with one attached hydrogen (secondary N) is 3. The van der Waals surface area contributed by atoms with Crippen LogP contribution < -0.4 is 20.7 Å². The van der Waals surface area contributed by atoms with Crippen molar-refractivity contribution in [3.05, 3.63) is 60.2 Å². The van der Waals surface area contributed by atoms with Crippen LogP contribution in [0.5, 0.6) is 5.75 Å². The number of urea groups is 1. The van der Waals surface area contributed by atoms with Crippen LogP contribution in [-0.2, 0) is 16.0 Å². The highest BCUT2D eigenvalue weighted by Crippen LogP contribution is 2.14. The van der Waals surface area contributed by atoms with Gasteiger partial charge < -0.3 is 25.8 Å². The minimum absolute atomic E-state index is 0.146. The lowest BCUT2D eigenvalue weighted by Gasteiger charge is -2.19. The Hall–Kier alpha value is -3.55. The number of hydrogen-bond acceptors (Lipinski definition) is 4. The van der Waals surface area contributed by atoms with Crippen molar-refractivity contribution in [2.45, 2.75) is 25.4 Å². The minimum atomic E-state index is -1.15. The molecule has 0 aliphatic rings. The summed E-state index contributed by atoms with van der Waals surface area (Å²) in [4.78, 5) is 35.8. The molecule has 2 rings (SSSR count). The van der Waals surface area contributed by atoms with E-state index in [1.165, 1.54) is 14.0 Å². The summed E-state index contributed by atoms with van der Waals surface area (Å²) in [6, 6.07) is 13.1. The van der Waals surface area contributed by atoms with E-state index in [4.69, 9.17) is 4.74 Å². The molecule has 0 fully saturated rings. The third-order valence-electron chi connectivity index (χ3n) is 3.99. The zero-order valence-electron chi connectivity index (χ0n) is 15.6. The third-order valence-corrected chi connectivity index (χ3v) is 3.99. The van der Waals surface area contributed by atoms with Crippen LogP contribution in [0.15, 0.2) is 54.6 Å². The van der Waals surface area contributed by atoms with E-state index in [1.54, 1.807) is 48.5 Å². The smallest absolute Gasteiger partial charge is 0.326 e. The van der Waals surface area contributed by atoms with Gasteiger partial charge in [0.2, 0.25) is 5.91 Å². The highest BCUT2D eigenvalue weighted by Gasteiger charge is 2.24. The quantitative estimate of drug-likeness (QED) is 0.555. The van der Waals surface area contributed by atoms with Gasteiger partial charge in [-0.2, -0.15) is 0 Å². The van der Waals surface area contributed by atoms with Crippen LogP contribution >= 0.6 is 0 Å². The minimum Gasteiger partial charge on any atom is -0.497 e. The average molecular weight is 385 g/mol. The molecule has 0 saturated heterocycles. The number of carboxylic acid groups (broad SMARTS) is 1. The van der Waals surface area contributed by atoms with Gasteiger partial charge in [0.15, 0.2) is 0 Å². The van der Waals surface area contributed by atoms with Crippen LogP contribution in [0.1, 0.15) is 12.5 Å². The summed E-state index contributed by atoms with van der Waals surface area (Å²) in [5.41, 5.74) is 1.31. The molecule has 0 aliphatic heterocycles. The summed E-state index contributed by atoms with van der Waals surface area (Å²) >= 11 is 0. The van der Waals surface area contributed by atoms with Crippen molar-refractivity contribution in [3.8, 4) is 5.75 Å². The molecule has 2 aromatic rings. The van der Waals surface area contributed by atoms with E-state index in [0.717, 1.165) is 5.56 Å². The van der Waals surface area contributed by atoms with E-state index >= 15 is 0 Å². The van der Waals surface area contributed by atoms with Crippen molar-refractivity contribution >= 4 is 23.6 Å². The number of aliphatic carboxylic acids is 1. The molecule has 2 aromatic carbocycles. The fraction of sp³-hybridized carbons (Fsp3) is 0.250. The molecule has 8 nitrogen and oxygen atoms in total. The van der Waals surface area contributed by atoms with E-state index in [2.05, 4.69) is 16.0 Å². The van der Waals surface area contributed by atoms with E-state index in [9.17, 15) is 19.5 Å². The summed E-state index contributed by atoms with van der Waals surface area (Å²) in [6.07, 6.45) is 0.146. The molecular formula is C20H23N3O5. The Balaban J connectivity index is 1.88. The van der Waals surface area contributed by atoms with Crippen molar-refractivity contribution in [1.82, 2.24) is 10.6 Å². The van der Waals surface area contributed by atoms with Crippen molar-refractivity contribution in [1.29, 1.82) is 0 Å². The first-order valence-corrected chi connectivity index (χ1v) is 8.67. The third kappa shape index (κ3) is 6.31. The van der Waals surface area contributed by atoms with Crippen molar-refractivity contribution < 1.29 is 24.2 Å². The van der Waals surface area contributed by atoms with E-state index in [-0.39, 0.29) is 6.42 Å². The number of rotatable bonds is 8. The molecule has 4 N–H and O–H groups in total. The molecule has 0 aromatic heterocycles. The summed E-state index contributed by atoms with van der Waals surface area (Å²) in [5.74, 6) is -1.09. The Labute approximate surface area is 162 Å². The molecule has 0 aliphatic carbocycles. The molecule has 0 heterocycles. The van der Waals surface area contributed by atoms with Gasteiger partial charge in [0, 0.05) is 12.1 Å². The first-order chi connectivity index (χ1) is 13.4. The zero-order valence-corrected chi connectivity index (χ0v) is 15.6. The van der Waals surface area contributed by atoms with Gasteiger partial charge >= 0.3 is 12.0 Å². The first kappa shape index (κ1) is 20.8. The molecule has 3 amide bonds. The second-order valence-corrected chi connectivity index (χ2v) is 6.14. The molecule has 2 atom stereocenters. The van der Waals surface area contributed by atoms with Gasteiger partial charge in [-0.1, -0.05) is 30.3 Å². The maximum atomic E-state index is 12.3. The van der Waals surface area contributed by atoms with Gasteiger partial charge in [-0.15, -0.1) is 0 Å². The van der Waals surface area contributed by atoms with Crippen molar-refractivity contribution in [2.75, 3.05) is 12.4 Å². The van der Waals surface area contributed by atoms with Crippen LogP contribution in [0.4, 0.5) is 10.5 Å². The van der Waals surface area contributed by atoms with Crippen LogP contribution in [0, 0.1) is 0 Å². The van der Waals surface area contributed by atoms with Crippen molar-refractivity contribution in [3.63, 3.8) is 0 Å². The number of carbonyl (C=O) groups excluding carboxylic acids is 2. The average Bonchev–Trinajstić information content (AvgIpc) is 2.68. The van der Waals surface area contributed by atoms with Gasteiger partial charge in [0.25, 0.3) is 0 Å². The van der Waals surface area contributed by atoms with E-state index in [0.29, 0.717) is 11.4 Å². The fourth-order valence-electron chi connectivity index (χ4n) is 2.45. The monoisotopic (exact) mass is 385 g/mol. The van der Waals surface area contributed by atoms with Gasteiger partial charge in [0.1, 0.15) is 17.8 Å². The topological polar surface area (TPSA) is 117 Å². The van der Waals surface area contributed by atoms with Crippen molar-refractivity contribution in [2.24, 2.45) is 0 Å². The fourth-order valence-corrected chi connectivity index (χ4v) is 2.45. The Kier molecular flexibility index (Phi) is 7.38. The lowest BCUT2D eigenvalue weighted by molar-refractivity contribution is -0.142. The molecule has 28 heavy (non-hydrogen) atoms. The second-order valence-electron chi connectivity index (χ2n) is 6.14. The first-order valence-electron chi connectivity index (χ1n) is 8.67. The molecule has 0 spiro atoms. The highest BCUT2D eigenvalue weighted by atomic mass is 16.5. The number of benzene rings is 2. The largest absolute Gasteiger partial charge is 0.497 e. The standard InChI is InChI=1S/C20H23N3O5/c1-13(21-20(27)22-15-8-10-16(28-2)11-9-15)18(24)23-17(19(25)26)12-14-6-4-3-5-7-14/h3-11,13,17H,12H2,1-2H3,(H,23,24)(H,25,26)(H2,21,22,27)/t13-,17-/m0/s1. The van der Waals surface area contributed by atoms with Crippen LogP contribution in [0.25, 0.3) is 0 Å². The normalized spacial score (nSPS) is 12.4. The number of anilines is 1. The number of amides is 3. The van der Waals surface area contributed by atoms with Crippen LogP contribution in [-0.4, -0.2) is 42.2 Å². The molecule has 0 unspecified atom stereocenters. The van der Waals surface area contributed by atoms with E-state index < -0.39 is 30.0 Å². The van der Waals surface area contributed by atoms with Crippen LogP contribution in [0.2, 0.25) is 0 Å². The lowest BCUT2D eigenvalue weighted by atomic mass is 10.1. The Bertz CT molecular complexity index is 808. The lowest BCUT2D eigenvalue weighted by Crippen LogP contribution is -2.51. The maximum absolute atomic E-state index is 12.3. The molecule has 8 heteroatoms. The Morgan fingerprint density at radius 3 is 2.21 bits per heavy atom. The SMILES string of the molecule is COc1ccc(NC(=O)N[C@@H](C)C(=O)N[C@@H](Cc2ccccc2)C(=O)O)cc1. The second kappa shape index (κ2) is 9.96. The van der Waals surface area contributed by atoms with Gasteiger partial charge in [-0.05, 0) is 36.8 Å². The predicted octanol–water partition coefficient (Wildman–Crippen LogP) is 2.02. The molecule has 0 saturated carbocycles. The number of ether oxygens (including phenoxy) is 1. The molecule has 0 bridgehead atoms. The summed E-state index contributed by atoms with van der Waals surface area (Å²) < 4.78 is 5.04. The van der Waals surface area contributed by atoms with Gasteiger partial charge in [0.05, 0.1) is 7.11 Å². The molecular weight excluding hydrogens is 362 g/mol. The Morgan fingerprint density at radius 2 is 1.64 bits per heavy atom. The molecule has 148 valence electrons. The zero-order chi connectivity index (χ0) is 20.5. The predicted molar refractivity (Wildman–Crippen MR) is 104 cm³/mol. The molecule has 0 radical (unpaired) electrons. The summed E-state index contributed by atoms with van der Waals surface area (Å²) in [6.45, 7) is 1.48. The number of carbonyl (C=O) groups is 3. The number of methoxy groups -OCH3 is 1.